The zero-order valence-electron chi connectivity index (χ0n) is 3.59. The molecular weight excluding hydrogens is 224 g/mol. The molecule has 0 aliphatic rings. The molecule has 4 heteroatoms. The number of carbonyl (C=O) groups excluding carboxylic acids is 1. The normalized spacial score (nSPS) is 13.4. The van der Waals surface area contributed by atoms with Gasteiger partial charge in [-0.15, -0.1) is 0 Å². The first-order valence-corrected chi connectivity index (χ1v) is 3.80. The van der Waals surface area contributed by atoms with Crippen LogP contribution in [0.25, 0.3) is 0 Å². The molecule has 0 unspecified atom stereocenters. The molecular formula is C3H5NOSe2. The third kappa shape index (κ3) is 3.27. The zero-order chi connectivity index (χ0) is 5.86. The van der Waals surface area contributed by atoms with Crippen LogP contribution in [0.4, 0.5) is 0 Å². The van der Waals surface area contributed by atoms with Crippen LogP contribution in [0.15, 0.2) is 0 Å². The van der Waals surface area contributed by atoms with Gasteiger partial charge in [0, 0.05) is 0 Å². The van der Waals surface area contributed by atoms with E-state index in [1.807, 2.05) is 0 Å². The second-order valence-corrected chi connectivity index (χ2v) is 2.64. The van der Waals surface area contributed by atoms with Crippen LogP contribution in [0.1, 0.15) is 0 Å². The van der Waals surface area contributed by atoms with E-state index in [4.69, 9.17) is 5.73 Å². The molecule has 0 saturated carbocycles. The maximum absolute atomic E-state index is 10.2. The van der Waals surface area contributed by atoms with Crippen molar-refractivity contribution < 1.29 is 4.79 Å². The summed E-state index contributed by atoms with van der Waals surface area (Å²) in [5, 5.41) is 0.589. The predicted octanol–water partition coefficient (Wildman–Crippen LogP) is -1.40. The molecule has 0 bridgehead atoms. The fourth-order valence-electron chi connectivity index (χ4n) is 0.0680. The van der Waals surface area contributed by atoms with Gasteiger partial charge in [-0.3, -0.25) is 0 Å². The van der Waals surface area contributed by atoms with Gasteiger partial charge in [-0.2, -0.15) is 0 Å². The van der Waals surface area contributed by atoms with Crippen LogP contribution < -0.4 is 5.73 Å². The van der Waals surface area contributed by atoms with Gasteiger partial charge in [-0.1, -0.05) is 0 Å². The second kappa shape index (κ2) is 3.64. The van der Waals surface area contributed by atoms with Crippen LogP contribution in [0.3, 0.4) is 0 Å². The number of carbonyl (C=O) groups is 1. The Bertz CT molecular complexity index is 75.3. The van der Waals surface area contributed by atoms with Crippen LogP contribution in [-0.2, 0) is 4.79 Å². The third-order valence-corrected chi connectivity index (χ3v) is 1.87. The van der Waals surface area contributed by atoms with E-state index in [0.717, 1.165) is 0 Å². The van der Waals surface area contributed by atoms with E-state index < -0.39 is 0 Å². The molecule has 1 atom stereocenters. The van der Waals surface area contributed by atoms with Gasteiger partial charge in [0.1, 0.15) is 0 Å². The van der Waals surface area contributed by atoms with Crippen molar-refractivity contribution in [1.82, 2.24) is 0 Å². The minimum atomic E-state index is -0.347. The SMILES string of the molecule is N[C@@H](C[Se])C(=O)[Se]. The standard InChI is InChI=1S/C3H5NOSe2/c4-2(1-6)3(5)7/h2H,1,4H2/t2-/m0/s1. The van der Waals surface area contributed by atoms with Crippen molar-refractivity contribution in [3.05, 3.63) is 0 Å². The van der Waals surface area contributed by atoms with Crippen molar-refractivity contribution in [2.75, 3.05) is 0 Å². The number of hydrogen-bond donors (Lipinski definition) is 1. The van der Waals surface area contributed by atoms with Crippen molar-refractivity contribution in [3.8, 4) is 0 Å². The molecule has 0 aromatic rings. The molecule has 0 fully saturated rings. The number of hydrogen-bond acceptors (Lipinski definition) is 2. The Balaban J connectivity index is 3.34. The van der Waals surface area contributed by atoms with Gasteiger partial charge in [0.25, 0.3) is 0 Å². The summed E-state index contributed by atoms with van der Waals surface area (Å²) >= 11 is 4.96. The fraction of sp³-hybridized carbons (Fsp3) is 0.667. The Morgan fingerprint density at radius 2 is 2.29 bits per heavy atom. The molecule has 0 spiro atoms. The van der Waals surface area contributed by atoms with E-state index >= 15 is 0 Å². The summed E-state index contributed by atoms with van der Waals surface area (Å²) in [6.07, 6.45) is 0. The van der Waals surface area contributed by atoms with Crippen molar-refractivity contribution in [2.24, 2.45) is 5.73 Å². The monoisotopic (exact) mass is 231 g/mol. The van der Waals surface area contributed by atoms with Gasteiger partial charge in [0.05, 0.1) is 0 Å². The average molecular weight is 229 g/mol. The van der Waals surface area contributed by atoms with Crippen LogP contribution >= 0.6 is 0 Å². The van der Waals surface area contributed by atoms with Crippen LogP contribution in [0.2, 0.25) is 5.32 Å². The summed E-state index contributed by atoms with van der Waals surface area (Å²) < 4.78 is -0.0845. The summed E-state index contributed by atoms with van der Waals surface area (Å²) in [6, 6.07) is -0.347. The van der Waals surface area contributed by atoms with Crippen LogP contribution in [0, 0.1) is 0 Å². The van der Waals surface area contributed by atoms with E-state index in [1.54, 1.807) is 0 Å². The number of rotatable bonds is 2. The van der Waals surface area contributed by atoms with Gasteiger partial charge in [-0.25, -0.2) is 0 Å². The van der Waals surface area contributed by atoms with E-state index in [2.05, 4.69) is 32.0 Å². The van der Waals surface area contributed by atoms with Crippen LogP contribution in [0.5, 0.6) is 0 Å². The van der Waals surface area contributed by atoms with Crippen molar-refractivity contribution in [1.29, 1.82) is 0 Å². The van der Waals surface area contributed by atoms with E-state index in [0.29, 0.717) is 5.32 Å². The van der Waals surface area contributed by atoms with E-state index in [-0.39, 0.29) is 10.7 Å². The summed E-state index contributed by atoms with van der Waals surface area (Å²) in [4.78, 5) is 10.2. The third-order valence-electron chi connectivity index (χ3n) is 0.482. The van der Waals surface area contributed by atoms with Gasteiger partial charge >= 0.3 is 58.6 Å². The average Bonchev–Trinajstić information content (AvgIpc) is 1.65. The second-order valence-electron chi connectivity index (χ2n) is 1.09. The topological polar surface area (TPSA) is 43.1 Å². The molecule has 0 rings (SSSR count). The van der Waals surface area contributed by atoms with Gasteiger partial charge in [-0.05, 0) is 0 Å². The summed E-state index contributed by atoms with van der Waals surface area (Å²) in [6.45, 7) is 0. The molecule has 0 aliphatic heterocycles. The Kier molecular flexibility index (Phi) is 3.99. The van der Waals surface area contributed by atoms with Gasteiger partial charge in [0.2, 0.25) is 0 Å². The molecule has 40 valence electrons. The predicted molar refractivity (Wildman–Crippen MR) is 29.3 cm³/mol. The summed E-state index contributed by atoms with van der Waals surface area (Å²) in [7, 11) is 0. The summed E-state index contributed by atoms with van der Waals surface area (Å²) in [5.41, 5.74) is 5.20. The fourth-order valence-corrected chi connectivity index (χ4v) is 1.10. The molecule has 0 saturated heterocycles. The molecule has 2 nitrogen and oxygen atoms in total. The molecule has 7 heavy (non-hydrogen) atoms. The van der Waals surface area contributed by atoms with E-state index in [9.17, 15) is 4.79 Å². The molecule has 0 aromatic carbocycles. The zero-order valence-corrected chi connectivity index (χ0v) is 7.01. The van der Waals surface area contributed by atoms with Crippen molar-refractivity contribution in [3.63, 3.8) is 0 Å². The summed E-state index contributed by atoms with van der Waals surface area (Å²) in [5.74, 6) is 0. The van der Waals surface area contributed by atoms with Crippen molar-refractivity contribution >= 4 is 36.7 Å². The Hall–Kier alpha value is 0.669. The van der Waals surface area contributed by atoms with Gasteiger partial charge < -0.3 is 0 Å². The first-order valence-electron chi connectivity index (χ1n) is 1.73. The van der Waals surface area contributed by atoms with Crippen molar-refractivity contribution in [2.45, 2.75) is 11.4 Å². The molecule has 0 heterocycles. The molecule has 0 aliphatic carbocycles. The number of nitrogens with two attached hydrogens (primary N) is 1. The Morgan fingerprint density at radius 3 is 2.29 bits per heavy atom. The quantitative estimate of drug-likeness (QED) is 0.591. The maximum atomic E-state index is 10.2. The first-order chi connectivity index (χ1) is 3.18. The molecule has 2 radical (unpaired) electrons. The minimum absolute atomic E-state index is 0.0845. The molecule has 0 aromatic heterocycles. The Labute approximate surface area is 58.8 Å². The first kappa shape index (κ1) is 7.67. The van der Waals surface area contributed by atoms with Gasteiger partial charge in [0.15, 0.2) is 0 Å². The van der Waals surface area contributed by atoms with E-state index in [1.165, 1.54) is 0 Å². The molecule has 0 amide bonds. The Morgan fingerprint density at radius 1 is 1.86 bits per heavy atom. The molecule has 2 N–H and O–H groups in total. The van der Waals surface area contributed by atoms with Crippen LogP contribution in [-0.4, -0.2) is 42.7 Å².